The molecule has 2 rings (SSSR count). The number of piperidine rings is 1. The number of hydrogen-bond acceptors (Lipinski definition) is 4. The van der Waals surface area contributed by atoms with Crippen molar-refractivity contribution in [1.82, 2.24) is 15.1 Å². The second-order valence-corrected chi connectivity index (χ2v) is 6.82. The lowest BCUT2D eigenvalue weighted by Crippen LogP contribution is -2.46. The number of likely N-dealkylation sites (tertiary alicyclic amines) is 1. The third-order valence-corrected chi connectivity index (χ3v) is 5.12. The van der Waals surface area contributed by atoms with Gasteiger partial charge in [0.1, 0.15) is 0 Å². The molecule has 22 heavy (non-hydrogen) atoms. The van der Waals surface area contributed by atoms with Gasteiger partial charge in [0.2, 0.25) is 5.91 Å². The first-order valence-corrected chi connectivity index (χ1v) is 8.39. The van der Waals surface area contributed by atoms with E-state index in [2.05, 4.69) is 16.3 Å². The Bertz CT molecular complexity index is 496. The molecule has 3 amide bonds. The summed E-state index contributed by atoms with van der Waals surface area (Å²) in [6, 6.07) is 3.91. The van der Waals surface area contributed by atoms with Gasteiger partial charge in [0, 0.05) is 30.4 Å². The van der Waals surface area contributed by atoms with Gasteiger partial charge in [0.25, 0.3) is 0 Å². The fourth-order valence-electron chi connectivity index (χ4n) is 2.72. The Kier molecular flexibility index (Phi) is 5.79. The maximum absolute atomic E-state index is 12.3. The minimum atomic E-state index is -0.399. The summed E-state index contributed by atoms with van der Waals surface area (Å²) in [5.74, 6) is 0.0503. The van der Waals surface area contributed by atoms with Crippen LogP contribution in [-0.4, -0.2) is 55.5 Å². The summed E-state index contributed by atoms with van der Waals surface area (Å²) in [5, 5.41) is 5.11. The first kappa shape index (κ1) is 16.8. The molecule has 3 N–H and O–H groups in total. The molecule has 1 aromatic rings. The number of amides is 3. The van der Waals surface area contributed by atoms with Crippen molar-refractivity contribution in [2.45, 2.75) is 18.9 Å². The Hall–Kier alpha value is -1.60. The first-order valence-electron chi connectivity index (χ1n) is 7.51. The van der Waals surface area contributed by atoms with Crippen molar-refractivity contribution in [3.63, 3.8) is 0 Å². The number of carbonyl (C=O) groups excluding carboxylic acids is 2. The van der Waals surface area contributed by atoms with Gasteiger partial charge in [-0.25, -0.2) is 4.79 Å². The smallest absolute Gasteiger partial charge is 0.314 e. The fourth-order valence-corrected chi connectivity index (χ4v) is 3.64. The van der Waals surface area contributed by atoms with Crippen molar-refractivity contribution in [3.05, 3.63) is 22.4 Å². The summed E-state index contributed by atoms with van der Waals surface area (Å²) in [4.78, 5) is 28.4. The van der Waals surface area contributed by atoms with Crippen molar-refractivity contribution < 1.29 is 9.59 Å². The molecule has 1 unspecified atom stereocenters. The molecule has 1 atom stereocenters. The number of urea groups is 1. The van der Waals surface area contributed by atoms with Gasteiger partial charge in [-0.1, -0.05) is 6.07 Å². The van der Waals surface area contributed by atoms with Crippen molar-refractivity contribution >= 4 is 23.3 Å². The SMILES string of the molecule is CN(C)C(CNC(=O)C1CCN(C(N)=O)CC1)c1cccs1. The lowest BCUT2D eigenvalue weighted by molar-refractivity contribution is -0.126. The van der Waals surface area contributed by atoms with Crippen molar-refractivity contribution in [2.75, 3.05) is 33.7 Å². The van der Waals surface area contributed by atoms with Crippen LogP contribution >= 0.6 is 11.3 Å². The zero-order valence-electron chi connectivity index (χ0n) is 13.1. The molecule has 0 bridgehead atoms. The molecule has 6 nitrogen and oxygen atoms in total. The molecule has 7 heteroatoms. The molecule has 0 spiro atoms. The van der Waals surface area contributed by atoms with Crippen LogP contribution in [0.4, 0.5) is 4.79 Å². The highest BCUT2D eigenvalue weighted by Gasteiger charge is 2.27. The predicted molar refractivity (Wildman–Crippen MR) is 87.6 cm³/mol. The minimum Gasteiger partial charge on any atom is -0.354 e. The van der Waals surface area contributed by atoms with E-state index in [-0.39, 0.29) is 17.9 Å². The molecule has 0 radical (unpaired) electrons. The molecule has 122 valence electrons. The summed E-state index contributed by atoms with van der Waals surface area (Å²) in [6.07, 6.45) is 1.36. The molecule has 0 aliphatic carbocycles. The van der Waals surface area contributed by atoms with Crippen LogP contribution in [0.1, 0.15) is 23.8 Å². The van der Waals surface area contributed by atoms with Crippen molar-refractivity contribution in [1.29, 1.82) is 0 Å². The third kappa shape index (κ3) is 4.20. The molecule has 0 saturated carbocycles. The van der Waals surface area contributed by atoms with E-state index < -0.39 is 6.03 Å². The van der Waals surface area contributed by atoms with Crippen LogP contribution in [0.3, 0.4) is 0 Å². The van der Waals surface area contributed by atoms with Gasteiger partial charge in [-0.3, -0.25) is 4.79 Å². The predicted octanol–water partition coefficient (Wildman–Crippen LogP) is 1.26. The first-order chi connectivity index (χ1) is 10.5. The monoisotopic (exact) mass is 324 g/mol. The second kappa shape index (κ2) is 7.60. The number of nitrogens with one attached hydrogen (secondary N) is 1. The second-order valence-electron chi connectivity index (χ2n) is 5.84. The quantitative estimate of drug-likeness (QED) is 0.856. The van der Waals surface area contributed by atoms with Gasteiger partial charge >= 0.3 is 6.03 Å². The number of thiophene rings is 1. The van der Waals surface area contributed by atoms with E-state index in [4.69, 9.17) is 5.73 Å². The summed E-state index contributed by atoms with van der Waals surface area (Å²) in [7, 11) is 4.03. The molecule has 1 aromatic heterocycles. The lowest BCUT2D eigenvalue weighted by Gasteiger charge is -2.31. The molecule has 1 aliphatic heterocycles. The van der Waals surface area contributed by atoms with Gasteiger partial charge < -0.3 is 20.9 Å². The standard InChI is InChI=1S/C15H24N4O2S/c1-18(2)12(13-4-3-9-22-13)10-17-14(20)11-5-7-19(8-6-11)15(16)21/h3-4,9,11-12H,5-8,10H2,1-2H3,(H2,16,21)(H,17,20). The van der Waals surface area contributed by atoms with E-state index in [1.807, 2.05) is 25.5 Å². The van der Waals surface area contributed by atoms with E-state index in [0.29, 0.717) is 32.5 Å². The normalized spacial score (nSPS) is 17.5. The average molecular weight is 324 g/mol. The third-order valence-electron chi connectivity index (χ3n) is 4.14. The van der Waals surface area contributed by atoms with Crippen LogP contribution in [0.2, 0.25) is 0 Å². The zero-order valence-corrected chi connectivity index (χ0v) is 13.9. The van der Waals surface area contributed by atoms with Crippen LogP contribution in [0.25, 0.3) is 0 Å². The maximum atomic E-state index is 12.3. The Balaban J connectivity index is 1.83. The van der Waals surface area contributed by atoms with Gasteiger partial charge in [-0.15, -0.1) is 11.3 Å². The zero-order chi connectivity index (χ0) is 16.1. The van der Waals surface area contributed by atoms with Crippen LogP contribution in [0.15, 0.2) is 17.5 Å². The number of likely N-dealkylation sites (N-methyl/N-ethyl adjacent to an activating group) is 1. The van der Waals surface area contributed by atoms with Gasteiger partial charge in [-0.05, 0) is 38.4 Å². The summed E-state index contributed by atoms with van der Waals surface area (Å²) in [5.41, 5.74) is 5.26. The maximum Gasteiger partial charge on any atom is 0.314 e. The van der Waals surface area contributed by atoms with Gasteiger partial charge in [0.05, 0.1) is 6.04 Å². The van der Waals surface area contributed by atoms with Crippen LogP contribution in [0, 0.1) is 5.92 Å². The molecule has 1 saturated heterocycles. The Morgan fingerprint density at radius 3 is 2.64 bits per heavy atom. The summed E-state index contributed by atoms with van der Waals surface area (Å²) >= 11 is 1.70. The van der Waals surface area contributed by atoms with Crippen LogP contribution < -0.4 is 11.1 Å². The highest BCUT2D eigenvalue weighted by Crippen LogP contribution is 2.23. The minimum absolute atomic E-state index is 0.0262. The largest absolute Gasteiger partial charge is 0.354 e. The molecular formula is C15H24N4O2S. The molecule has 2 heterocycles. The van der Waals surface area contributed by atoms with E-state index >= 15 is 0 Å². The number of carbonyl (C=O) groups is 2. The van der Waals surface area contributed by atoms with Gasteiger partial charge in [-0.2, -0.15) is 0 Å². The fraction of sp³-hybridized carbons (Fsp3) is 0.600. The molecule has 0 aromatic carbocycles. The van der Waals surface area contributed by atoms with Crippen LogP contribution in [0.5, 0.6) is 0 Å². The van der Waals surface area contributed by atoms with E-state index in [0.717, 1.165) is 0 Å². The van der Waals surface area contributed by atoms with Crippen LogP contribution in [-0.2, 0) is 4.79 Å². The topological polar surface area (TPSA) is 78.7 Å². The van der Waals surface area contributed by atoms with Crippen molar-refractivity contribution in [2.24, 2.45) is 11.7 Å². The number of nitrogens with zero attached hydrogens (tertiary/aromatic N) is 2. The Labute approximate surface area is 135 Å². The van der Waals surface area contributed by atoms with E-state index in [9.17, 15) is 9.59 Å². The number of primary amides is 1. The lowest BCUT2D eigenvalue weighted by atomic mass is 9.96. The Morgan fingerprint density at radius 2 is 2.14 bits per heavy atom. The van der Waals surface area contributed by atoms with E-state index in [1.165, 1.54) is 4.88 Å². The van der Waals surface area contributed by atoms with Gasteiger partial charge in [0.15, 0.2) is 0 Å². The number of hydrogen-bond donors (Lipinski definition) is 2. The molecule has 1 aliphatic rings. The summed E-state index contributed by atoms with van der Waals surface area (Å²) in [6.45, 7) is 1.73. The van der Waals surface area contributed by atoms with E-state index in [1.54, 1.807) is 16.2 Å². The highest BCUT2D eigenvalue weighted by molar-refractivity contribution is 7.10. The number of rotatable bonds is 5. The molecule has 1 fully saturated rings. The average Bonchev–Trinajstić information content (AvgIpc) is 3.01. The summed E-state index contributed by atoms with van der Waals surface area (Å²) < 4.78 is 0. The highest BCUT2D eigenvalue weighted by atomic mass is 32.1. The molecular weight excluding hydrogens is 300 g/mol. The Morgan fingerprint density at radius 1 is 1.45 bits per heavy atom. The van der Waals surface area contributed by atoms with Crippen molar-refractivity contribution in [3.8, 4) is 0 Å². The number of nitrogens with two attached hydrogens (primary N) is 1.